The second-order valence-corrected chi connectivity index (χ2v) is 9.69. The summed E-state index contributed by atoms with van der Waals surface area (Å²) in [6, 6.07) is 12.0. The standard InChI is InChI=1S/C21H26N2O7S2/c1-31-10-9-18(23-32(26,27)17-5-3-2-4-6-17)21(25)22-12-15(24)13-28-16-7-8-19-20(11-16)30-14-29-19/h2-8,11,15,18,23-24H,9-10,12-14H2,1H3,(H,22,25). The van der Waals surface area contributed by atoms with E-state index in [1.807, 2.05) is 6.26 Å². The van der Waals surface area contributed by atoms with Crippen LogP contribution in [0.4, 0.5) is 0 Å². The molecule has 2 unspecified atom stereocenters. The van der Waals surface area contributed by atoms with Gasteiger partial charge in [-0.3, -0.25) is 4.79 Å². The molecule has 0 saturated carbocycles. The number of aliphatic hydroxyl groups is 1. The van der Waals surface area contributed by atoms with Crippen LogP contribution in [-0.2, 0) is 14.8 Å². The number of rotatable bonds is 12. The van der Waals surface area contributed by atoms with Gasteiger partial charge in [0.2, 0.25) is 22.7 Å². The molecule has 174 valence electrons. The molecule has 3 rings (SSSR count). The van der Waals surface area contributed by atoms with Crippen molar-refractivity contribution in [2.45, 2.75) is 23.5 Å². The molecule has 1 heterocycles. The van der Waals surface area contributed by atoms with Crippen molar-refractivity contribution in [2.24, 2.45) is 0 Å². The van der Waals surface area contributed by atoms with Gasteiger partial charge in [-0.2, -0.15) is 16.5 Å². The number of benzene rings is 2. The molecular weight excluding hydrogens is 456 g/mol. The Balaban J connectivity index is 1.51. The van der Waals surface area contributed by atoms with Crippen LogP contribution in [0.15, 0.2) is 53.4 Å². The average molecular weight is 483 g/mol. The van der Waals surface area contributed by atoms with Crippen molar-refractivity contribution in [3.8, 4) is 17.2 Å². The van der Waals surface area contributed by atoms with Gasteiger partial charge in [0.05, 0.1) is 4.90 Å². The van der Waals surface area contributed by atoms with Crippen LogP contribution in [0.2, 0.25) is 0 Å². The molecule has 11 heteroatoms. The second kappa shape index (κ2) is 11.4. The van der Waals surface area contributed by atoms with Crippen molar-refractivity contribution in [2.75, 3.05) is 32.0 Å². The first-order valence-electron chi connectivity index (χ1n) is 9.93. The topological polar surface area (TPSA) is 123 Å². The van der Waals surface area contributed by atoms with Crippen LogP contribution in [0.25, 0.3) is 0 Å². The SMILES string of the molecule is CSCCC(NS(=O)(=O)c1ccccc1)C(=O)NCC(O)COc1ccc2c(c1)OCO2. The molecule has 0 saturated heterocycles. The average Bonchev–Trinajstić information content (AvgIpc) is 3.27. The van der Waals surface area contributed by atoms with Gasteiger partial charge < -0.3 is 24.6 Å². The van der Waals surface area contributed by atoms with Crippen molar-refractivity contribution in [3.63, 3.8) is 0 Å². The van der Waals surface area contributed by atoms with Gasteiger partial charge in [0.1, 0.15) is 24.5 Å². The molecule has 0 aliphatic carbocycles. The number of hydrogen-bond donors (Lipinski definition) is 3. The molecule has 0 radical (unpaired) electrons. The molecule has 9 nitrogen and oxygen atoms in total. The van der Waals surface area contributed by atoms with E-state index in [0.717, 1.165) is 0 Å². The van der Waals surface area contributed by atoms with Crippen LogP contribution in [0, 0.1) is 0 Å². The number of amides is 1. The van der Waals surface area contributed by atoms with Crippen molar-refractivity contribution < 1.29 is 32.5 Å². The lowest BCUT2D eigenvalue weighted by Gasteiger charge is -2.20. The Morgan fingerprint density at radius 1 is 1.19 bits per heavy atom. The van der Waals surface area contributed by atoms with Gasteiger partial charge in [-0.25, -0.2) is 8.42 Å². The fraction of sp³-hybridized carbons (Fsp3) is 0.381. The zero-order valence-electron chi connectivity index (χ0n) is 17.5. The van der Waals surface area contributed by atoms with Gasteiger partial charge in [-0.1, -0.05) is 18.2 Å². The molecule has 1 aliphatic rings. The molecule has 0 bridgehead atoms. The minimum absolute atomic E-state index is 0.0643. The molecule has 0 aromatic heterocycles. The fourth-order valence-electron chi connectivity index (χ4n) is 2.89. The summed E-state index contributed by atoms with van der Waals surface area (Å²) in [5.74, 6) is 1.76. The quantitative estimate of drug-likeness (QED) is 0.415. The lowest BCUT2D eigenvalue weighted by atomic mass is 10.2. The molecule has 1 aliphatic heterocycles. The summed E-state index contributed by atoms with van der Waals surface area (Å²) in [5, 5.41) is 12.8. The van der Waals surface area contributed by atoms with E-state index in [1.54, 1.807) is 36.4 Å². The van der Waals surface area contributed by atoms with Crippen LogP contribution < -0.4 is 24.2 Å². The highest BCUT2D eigenvalue weighted by Gasteiger charge is 2.25. The zero-order valence-corrected chi connectivity index (χ0v) is 19.2. The van der Waals surface area contributed by atoms with Crippen LogP contribution in [0.5, 0.6) is 17.2 Å². The maximum atomic E-state index is 12.6. The number of hydrogen-bond acceptors (Lipinski definition) is 8. The molecule has 3 N–H and O–H groups in total. The lowest BCUT2D eigenvalue weighted by Crippen LogP contribution is -2.49. The number of carbonyl (C=O) groups is 1. The van der Waals surface area contributed by atoms with Crippen LogP contribution in [0.1, 0.15) is 6.42 Å². The highest BCUT2D eigenvalue weighted by Crippen LogP contribution is 2.35. The van der Waals surface area contributed by atoms with Gasteiger partial charge in [-0.15, -0.1) is 0 Å². The Morgan fingerprint density at radius 2 is 1.94 bits per heavy atom. The van der Waals surface area contributed by atoms with E-state index in [2.05, 4.69) is 10.0 Å². The molecule has 1 amide bonds. The summed E-state index contributed by atoms with van der Waals surface area (Å²) in [4.78, 5) is 12.7. The molecule has 0 fully saturated rings. The first-order valence-corrected chi connectivity index (χ1v) is 12.8. The van der Waals surface area contributed by atoms with E-state index in [-0.39, 0.29) is 24.8 Å². The highest BCUT2D eigenvalue weighted by molar-refractivity contribution is 7.98. The summed E-state index contributed by atoms with van der Waals surface area (Å²) in [6.45, 7) is -0.00343. The van der Waals surface area contributed by atoms with Crippen LogP contribution in [0.3, 0.4) is 0 Å². The zero-order chi connectivity index (χ0) is 23.0. The summed E-state index contributed by atoms with van der Waals surface area (Å²) >= 11 is 1.50. The Hall–Kier alpha value is -2.47. The monoisotopic (exact) mass is 482 g/mol. The highest BCUT2D eigenvalue weighted by atomic mass is 32.2. The molecular formula is C21H26N2O7S2. The molecule has 2 aromatic carbocycles. The van der Waals surface area contributed by atoms with Gasteiger partial charge in [0, 0.05) is 12.6 Å². The van der Waals surface area contributed by atoms with E-state index in [9.17, 15) is 18.3 Å². The number of aliphatic hydroxyl groups excluding tert-OH is 1. The van der Waals surface area contributed by atoms with Crippen LogP contribution >= 0.6 is 11.8 Å². The van der Waals surface area contributed by atoms with Gasteiger partial charge in [0.25, 0.3) is 0 Å². The fourth-order valence-corrected chi connectivity index (χ4v) is 4.62. The Bertz CT molecular complexity index is 1000. The van der Waals surface area contributed by atoms with Crippen LogP contribution in [-0.4, -0.2) is 63.5 Å². The summed E-state index contributed by atoms with van der Waals surface area (Å²) in [7, 11) is -3.85. The molecule has 2 aromatic rings. The number of fused-ring (bicyclic) bond motifs is 1. The van der Waals surface area contributed by atoms with Crippen molar-refractivity contribution in [1.82, 2.24) is 10.0 Å². The van der Waals surface area contributed by atoms with E-state index in [0.29, 0.717) is 29.4 Å². The number of thioether (sulfide) groups is 1. The summed E-state index contributed by atoms with van der Waals surface area (Å²) in [6.07, 6.45) is 1.19. The van der Waals surface area contributed by atoms with E-state index >= 15 is 0 Å². The Kier molecular flexibility index (Phi) is 8.62. The first kappa shape index (κ1) is 24.2. The van der Waals surface area contributed by atoms with Crippen molar-refractivity contribution in [3.05, 3.63) is 48.5 Å². The molecule has 0 spiro atoms. The summed E-state index contributed by atoms with van der Waals surface area (Å²) in [5.41, 5.74) is 0. The van der Waals surface area contributed by atoms with E-state index < -0.39 is 28.1 Å². The maximum absolute atomic E-state index is 12.6. The van der Waals surface area contributed by atoms with Gasteiger partial charge in [0.15, 0.2) is 11.5 Å². The lowest BCUT2D eigenvalue weighted by molar-refractivity contribution is -0.123. The molecule has 32 heavy (non-hydrogen) atoms. The summed E-state index contributed by atoms with van der Waals surface area (Å²) < 4.78 is 43.7. The molecule has 2 atom stereocenters. The normalized spacial score (nSPS) is 14.6. The smallest absolute Gasteiger partial charge is 0.241 e. The number of carbonyl (C=O) groups excluding carboxylic acids is 1. The third kappa shape index (κ3) is 6.76. The Labute approximate surface area is 191 Å². The van der Waals surface area contributed by atoms with Crippen molar-refractivity contribution >= 4 is 27.7 Å². The number of ether oxygens (including phenoxy) is 3. The first-order chi connectivity index (χ1) is 15.4. The predicted octanol–water partition coefficient (Wildman–Crippen LogP) is 1.37. The largest absolute Gasteiger partial charge is 0.491 e. The van der Waals surface area contributed by atoms with Crippen molar-refractivity contribution in [1.29, 1.82) is 0 Å². The van der Waals surface area contributed by atoms with Gasteiger partial charge >= 0.3 is 0 Å². The van der Waals surface area contributed by atoms with E-state index in [4.69, 9.17) is 14.2 Å². The Morgan fingerprint density at radius 3 is 2.69 bits per heavy atom. The maximum Gasteiger partial charge on any atom is 0.241 e. The minimum atomic E-state index is -3.85. The third-order valence-corrected chi connectivity index (χ3v) is 6.71. The third-order valence-electron chi connectivity index (χ3n) is 4.58. The minimum Gasteiger partial charge on any atom is -0.491 e. The van der Waals surface area contributed by atoms with E-state index in [1.165, 1.54) is 23.9 Å². The number of nitrogens with one attached hydrogen (secondary N) is 2. The number of sulfonamides is 1. The second-order valence-electron chi connectivity index (χ2n) is 6.99. The van der Waals surface area contributed by atoms with Gasteiger partial charge in [-0.05, 0) is 42.7 Å². The predicted molar refractivity (Wildman–Crippen MR) is 121 cm³/mol.